The van der Waals surface area contributed by atoms with Crippen molar-refractivity contribution in [2.24, 2.45) is 11.7 Å². The summed E-state index contributed by atoms with van der Waals surface area (Å²) in [5.74, 6) is 0.682. The van der Waals surface area contributed by atoms with Crippen LogP contribution in [0.1, 0.15) is 29.8 Å². The Morgan fingerprint density at radius 3 is 2.94 bits per heavy atom. The number of hydrogen-bond acceptors (Lipinski definition) is 3. The first-order valence-corrected chi connectivity index (χ1v) is 6.13. The predicted octanol–water partition coefficient (Wildman–Crippen LogP) is 1.20. The minimum atomic E-state index is 0.682. The molecule has 2 rings (SSSR count). The summed E-state index contributed by atoms with van der Waals surface area (Å²) in [5.41, 5.74) is 9.45. The molecule has 4 heteroatoms. The van der Waals surface area contributed by atoms with E-state index in [0.29, 0.717) is 5.92 Å². The van der Waals surface area contributed by atoms with E-state index in [9.17, 15) is 0 Å². The highest BCUT2D eigenvalue weighted by Crippen LogP contribution is 2.19. The molecule has 0 unspecified atom stereocenters. The lowest BCUT2D eigenvalue weighted by molar-refractivity contribution is 0.170. The molecule has 0 aromatic carbocycles. The molecule has 0 spiro atoms. The Bertz CT molecular complexity index is 325. The third-order valence-corrected chi connectivity index (χ3v) is 3.60. The third-order valence-electron chi connectivity index (χ3n) is 3.60. The van der Waals surface area contributed by atoms with E-state index >= 15 is 0 Å². The predicted molar refractivity (Wildman–Crippen MR) is 65.1 cm³/mol. The van der Waals surface area contributed by atoms with Gasteiger partial charge in [0.1, 0.15) is 0 Å². The maximum absolute atomic E-state index is 5.75. The standard InChI is InChI=1S/C12H22N4/c1-9-12(10(2)15-14-9)8-16-5-3-4-11(6-13)7-16/h11H,3-8,13H2,1-2H3,(H,14,15)/t11-/m0/s1. The van der Waals surface area contributed by atoms with Crippen LogP contribution in [0.15, 0.2) is 0 Å². The van der Waals surface area contributed by atoms with Gasteiger partial charge in [-0.25, -0.2) is 0 Å². The molecule has 90 valence electrons. The van der Waals surface area contributed by atoms with Crippen molar-refractivity contribution < 1.29 is 0 Å². The molecule has 1 aromatic rings. The summed E-state index contributed by atoms with van der Waals surface area (Å²) >= 11 is 0. The van der Waals surface area contributed by atoms with E-state index in [-0.39, 0.29) is 0 Å². The van der Waals surface area contributed by atoms with E-state index in [1.807, 2.05) is 0 Å². The fraction of sp³-hybridized carbons (Fsp3) is 0.750. The number of H-pyrrole nitrogens is 1. The van der Waals surface area contributed by atoms with Crippen molar-refractivity contribution in [2.45, 2.75) is 33.2 Å². The van der Waals surface area contributed by atoms with Crippen LogP contribution in [0.4, 0.5) is 0 Å². The number of nitrogens with zero attached hydrogens (tertiary/aromatic N) is 2. The number of hydrogen-bond donors (Lipinski definition) is 2. The van der Waals surface area contributed by atoms with Crippen LogP contribution in [0.25, 0.3) is 0 Å². The highest BCUT2D eigenvalue weighted by molar-refractivity contribution is 5.22. The molecule has 4 nitrogen and oxygen atoms in total. The van der Waals surface area contributed by atoms with Crippen LogP contribution >= 0.6 is 0 Å². The molecular weight excluding hydrogens is 200 g/mol. The molecule has 0 radical (unpaired) electrons. The van der Waals surface area contributed by atoms with Crippen LogP contribution in [0.5, 0.6) is 0 Å². The van der Waals surface area contributed by atoms with Crippen LogP contribution in [-0.2, 0) is 6.54 Å². The number of piperidine rings is 1. The van der Waals surface area contributed by atoms with Crippen molar-refractivity contribution in [3.05, 3.63) is 17.0 Å². The fourth-order valence-electron chi connectivity index (χ4n) is 2.52. The van der Waals surface area contributed by atoms with Crippen LogP contribution < -0.4 is 5.73 Å². The van der Waals surface area contributed by atoms with Crippen molar-refractivity contribution >= 4 is 0 Å². The number of nitrogens with one attached hydrogen (secondary N) is 1. The van der Waals surface area contributed by atoms with Gasteiger partial charge in [-0.3, -0.25) is 10.00 Å². The Morgan fingerprint density at radius 1 is 1.50 bits per heavy atom. The Labute approximate surface area is 97.2 Å². The van der Waals surface area contributed by atoms with Crippen molar-refractivity contribution in [1.29, 1.82) is 0 Å². The van der Waals surface area contributed by atoms with E-state index in [1.54, 1.807) is 0 Å². The molecule has 1 atom stereocenters. The van der Waals surface area contributed by atoms with Gasteiger partial charge in [0.15, 0.2) is 0 Å². The highest BCUT2D eigenvalue weighted by Gasteiger charge is 2.20. The summed E-state index contributed by atoms with van der Waals surface area (Å²) < 4.78 is 0. The van der Waals surface area contributed by atoms with Gasteiger partial charge in [0.05, 0.1) is 5.69 Å². The summed E-state index contributed by atoms with van der Waals surface area (Å²) in [6.45, 7) is 8.34. The van der Waals surface area contributed by atoms with Gasteiger partial charge in [-0.1, -0.05) is 0 Å². The molecule has 1 fully saturated rings. The zero-order valence-corrected chi connectivity index (χ0v) is 10.3. The second kappa shape index (κ2) is 4.97. The van der Waals surface area contributed by atoms with E-state index in [2.05, 4.69) is 28.9 Å². The Balaban J connectivity index is 1.99. The lowest BCUT2D eigenvalue weighted by atomic mass is 9.98. The quantitative estimate of drug-likeness (QED) is 0.808. The lowest BCUT2D eigenvalue weighted by Gasteiger charge is -2.32. The molecule has 1 aliphatic rings. The molecule has 0 bridgehead atoms. The highest BCUT2D eigenvalue weighted by atomic mass is 15.2. The lowest BCUT2D eigenvalue weighted by Crippen LogP contribution is -2.38. The summed E-state index contributed by atoms with van der Waals surface area (Å²) in [6, 6.07) is 0. The maximum Gasteiger partial charge on any atom is 0.0639 e. The Morgan fingerprint density at radius 2 is 2.31 bits per heavy atom. The fourth-order valence-corrected chi connectivity index (χ4v) is 2.52. The minimum Gasteiger partial charge on any atom is -0.330 e. The molecule has 0 aliphatic carbocycles. The van der Waals surface area contributed by atoms with Gasteiger partial charge in [-0.05, 0) is 45.7 Å². The van der Waals surface area contributed by atoms with Gasteiger partial charge in [0.25, 0.3) is 0 Å². The molecule has 1 aromatic heterocycles. The van der Waals surface area contributed by atoms with Gasteiger partial charge < -0.3 is 5.73 Å². The topological polar surface area (TPSA) is 57.9 Å². The normalized spacial score (nSPS) is 22.6. The zero-order valence-electron chi connectivity index (χ0n) is 10.3. The summed E-state index contributed by atoms with van der Waals surface area (Å²) in [5, 5.41) is 7.29. The number of nitrogens with two attached hydrogens (primary N) is 1. The maximum atomic E-state index is 5.75. The van der Waals surface area contributed by atoms with Gasteiger partial charge >= 0.3 is 0 Å². The minimum absolute atomic E-state index is 0.682. The number of aromatic amines is 1. The molecule has 1 aliphatic heterocycles. The number of rotatable bonds is 3. The van der Waals surface area contributed by atoms with E-state index in [4.69, 9.17) is 5.73 Å². The summed E-state index contributed by atoms with van der Waals surface area (Å²) in [4.78, 5) is 2.51. The van der Waals surface area contributed by atoms with Crippen LogP contribution in [0.3, 0.4) is 0 Å². The van der Waals surface area contributed by atoms with Crippen LogP contribution in [0.2, 0.25) is 0 Å². The number of likely N-dealkylation sites (tertiary alicyclic amines) is 1. The largest absolute Gasteiger partial charge is 0.330 e. The smallest absolute Gasteiger partial charge is 0.0639 e. The van der Waals surface area contributed by atoms with Crippen LogP contribution in [0, 0.1) is 19.8 Å². The van der Waals surface area contributed by atoms with E-state index in [1.165, 1.54) is 30.6 Å². The Kier molecular flexibility index (Phi) is 3.61. The van der Waals surface area contributed by atoms with E-state index in [0.717, 1.165) is 25.3 Å². The molecule has 0 amide bonds. The summed E-state index contributed by atoms with van der Waals surface area (Å²) in [6.07, 6.45) is 2.56. The van der Waals surface area contributed by atoms with Gasteiger partial charge in [0, 0.05) is 24.3 Å². The van der Waals surface area contributed by atoms with Crippen LogP contribution in [-0.4, -0.2) is 34.7 Å². The molecule has 16 heavy (non-hydrogen) atoms. The van der Waals surface area contributed by atoms with Crippen molar-refractivity contribution in [3.63, 3.8) is 0 Å². The first-order valence-electron chi connectivity index (χ1n) is 6.13. The first kappa shape index (κ1) is 11.6. The monoisotopic (exact) mass is 222 g/mol. The third kappa shape index (κ3) is 2.44. The average molecular weight is 222 g/mol. The van der Waals surface area contributed by atoms with Crippen molar-refractivity contribution in [2.75, 3.05) is 19.6 Å². The molecule has 0 saturated carbocycles. The second-order valence-corrected chi connectivity index (χ2v) is 4.89. The van der Waals surface area contributed by atoms with Gasteiger partial charge in [-0.2, -0.15) is 5.10 Å². The number of aryl methyl sites for hydroxylation is 2. The summed E-state index contributed by atoms with van der Waals surface area (Å²) in [7, 11) is 0. The SMILES string of the molecule is Cc1n[nH]c(C)c1CN1CCC[C@@H](CN)C1. The molecule has 3 N–H and O–H groups in total. The van der Waals surface area contributed by atoms with Gasteiger partial charge in [0.2, 0.25) is 0 Å². The first-order chi connectivity index (χ1) is 7.70. The average Bonchev–Trinajstić information content (AvgIpc) is 2.61. The molecular formula is C12H22N4. The molecule has 1 saturated heterocycles. The number of aromatic nitrogens is 2. The molecule has 2 heterocycles. The van der Waals surface area contributed by atoms with E-state index < -0.39 is 0 Å². The zero-order chi connectivity index (χ0) is 11.5. The van der Waals surface area contributed by atoms with Gasteiger partial charge in [-0.15, -0.1) is 0 Å². The van der Waals surface area contributed by atoms with Crippen molar-refractivity contribution in [1.82, 2.24) is 15.1 Å². The second-order valence-electron chi connectivity index (χ2n) is 4.89. The van der Waals surface area contributed by atoms with Crippen molar-refractivity contribution in [3.8, 4) is 0 Å². The Hall–Kier alpha value is -0.870.